The minimum Gasteiger partial charge on any atom is -0.355 e. The average molecular weight is 239 g/mol. The molecule has 2 heterocycles. The van der Waals surface area contributed by atoms with Crippen LogP contribution in [-0.4, -0.2) is 49.1 Å². The summed E-state index contributed by atoms with van der Waals surface area (Å²) in [5, 5.41) is 6.44. The van der Waals surface area contributed by atoms with Gasteiger partial charge in [0.1, 0.15) is 0 Å². The minimum atomic E-state index is 0.0387. The summed E-state index contributed by atoms with van der Waals surface area (Å²) < 4.78 is 0. The van der Waals surface area contributed by atoms with Crippen molar-refractivity contribution in [3.05, 3.63) is 0 Å². The van der Waals surface area contributed by atoms with Crippen molar-refractivity contribution in [2.45, 2.75) is 51.1 Å². The predicted molar refractivity (Wildman–Crippen MR) is 68.9 cm³/mol. The summed E-state index contributed by atoms with van der Waals surface area (Å²) in [5.74, 6) is 0.198. The maximum Gasteiger partial charge on any atom is 0.237 e. The van der Waals surface area contributed by atoms with Crippen LogP contribution >= 0.6 is 0 Å². The molecule has 0 radical (unpaired) electrons. The molecule has 4 nitrogen and oxygen atoms in total. The predicted octanol–water partition coefficient (Wildman–Crippen LogP) is 0.729. The lowest BCUT2D eigenvalue weighted by molar-refractivity contribution is -0.122. The van der Waals surface area contributed by atoms with E-state index in [1.807, 2.05) is 0 Å². The van der Waals surface area contributed by atoms with Crippen LogP contribution in [0, 0.1) is 0 Å². The van der Waals surface area contributed by atoms with Crippen LogP contribution in [0.1, 0.15) is 39.0 Å². The van der Waals surface area contributed by atoms with E-state index in [0.717, 1.165) is 38.9 Å². The number of likely N-dealkylation sites (tertiary alicyclic amines) is 1. The fourth-order valence-corrected chi connectivity index (χ4v) is 2.96. The van der Waals surface area contributed by atoms with E-state index in [0.29, 0.717) is 6.04 Å². The molecule has 0 aromatic rings. The molecule has 2 rings (SSSR count). The van der Waals surface area contributed by atoms with Gasteiger partial charge in [-0.3, -0.25) is 9.69 Å². The van der Waals surface area contributed by atoms with Crippen molar-refractivity contribution in [2.24, 2.45) is 0 Å². The zero-order valence-electron chi connectivity index (χ0n) is 10.9. The molecule has 0 spiro atoms. The molecule has 98 valence electrons. The lowest BCUT2D eigenvalue weighted by atomic mass is 10.1. The van der Waals surface area contributed by atoms with Crippen molar-refractivity contribution in [1.82, 2.24) is 15.5 Å². The average Bonchev–Trinajstić information content (AvgIpc) is 2.70. The second kappa shape index (κ2) is 6.36. The molecule has 0 aliphatic carbocycles. The molecule has 2 fully saturated rings. The van der Waals surface area contributed by atoms with Crippen LogP contribution in [0.3, 0.4) is 0 Å². The molecule has 0 bridgehead atoms. The van der Waals surface area contributed by atoms with E-state index >= 15 is 0 Å². The van der Waals surface area contributed by atoms with Crippen LogP contribution in [0.15, 0.2) is 0 Å². The Labute approximate surface area is 104 Å². The van der Waals surface area contributed by atoms with Crippen LogP contribution in [-0.2, 0) is 4.79 Å². The van der Waals surface area contributed by atoms with E-state index in [2.05, 4.69) is 22.5 Å². The minimum absolute atomic E-state index is 0.0387. The van der Waals surface area contributed by atoms with Gasteiger partial charge in [0.15, 0.2) is 0 Å². The SMILES string of the molecule is CCN1CCCC1CNC1CCCCNC1=O. The highest BCUT2D eigenvalue weighted by atomic mass is 16.2. The molecule has 2 unspecified atom stereocenters. The number of hydrogen-bond acceptors (Lipinski definition) is 3. The Balaban J connectivity index is 1.78. The number of hydrogen-bond donors (Lipinski definition) is 2. The smallest absolute Gasteiger partial charge is 0.237 e. The van der Waals surface area contributed by atoms with Crippen molar-refractivity contribution in [3.8, 4) is 0 Å². The third-order valence-electron chi connectivity index (χ3n) is 4.04. The lowest BCUT2D eigenvalue weighted by Gasteiger charge is -2.25. The van der Waals surface area contributed by atoms with E-state index in [1.165, 1.54) is 19.4 Å². The Bertz CT molecular complexity index is 257. The van der Waals surface area contributed by atoms with Gasteiger partial charge in [0.25, 0.3) is 0 Å². The molecule has 0 saturated carbocycles. The second-order valence-corrected chi connectivity index (χ2v) is 5.17. The van der Waals surface area contributed by atoms with Gasteiger partial charge in [-0.05, 0) is 45.2 Å². The first-order valence-electron chi connectivity index (χ1n) is 7.06. The Kier molecular flexibility index (Phi) is 4.80. The number of likely N-dealkylation sites (N-methyl/N-ethyl adjacent to an activating group) is 1. The zero-order valence-corrected chi connectivity index (χ0v) is 10.9. The number of nitrogens with one attached hydrogen (secondary N) is 2. The second-order valence-electron chi connectivity index (χ2n) is 5.17. The van der Waals surface area contributed by atoms with Crippen molar-refractivity contribution >= 4 is 5.91 Å². The number of carbonyl (C=O) groups is 1. The molecule has 0 aromatic heterocycles. The van der Waals surface area contributed by atoms with Crippen molar-refractivity contribution in [1.29, 1.82) is 0 Å². The van der Waals surface area contributed by atoms with Crippen LogP contribution in [0.25, 0.3) is 0 Å². The van der Waals surface area contributed by atoms with E-state index in [1.54, 1.807) is 0 Å². The molecule has 2 aliphatic heterocycles. The monoisotopic (exact) mass is 239 g/mol. The highest BCUT2D eigenvalue weighted by Crippen LogP contribution is 2.16. The molecular formula is C13H25N3O. The fraction of sp³-hybridized carbons (Fsp3) is 0.923. The van der Waals surface area contributed by atoms with E-state index in [4.69, 9.17) is 0 Å². The van der Waals surface area contributed by atoms with Gasteiger partial charge in [-0.25, -0.2) is 0 Å². The molecule has 4 heteroatoms. The van der Waals surface area contributed by atoms with Crippen LogP contribution in [0.4, 0.5) is 0 Å². The van der Waals surface area contributed by atoms with Gasteiger partial charge in [-0.1, -0.05) is 6.92 Å². The zero-order chi connectivity index (χ0) is 12.1. The van der Waals surface area contributed by atoms with Crippen LogP contribution < -0.4 is 10.6 Å². The standard InChI is InChI=1S/C13H25N3O/c1-2-16-9-5-6-11(16)10-15-12-7-3-4-8-14-13(12)17/h11-12,15H,2-10H2,1H3,(H,14,17). The molecule has 2 aliphatic rings. The fourth-order valence-electron chi connectivity index (χ4n) is 2.96. The molecule has 1 amide bonds. The number of amides is 1. The van der Waals surface area contributed by atoms with Crippen molar-refractivity contribution in [3.63, 3.8) is 0 Å². The first-order valence-corrected chi connectivity index (χ1v) is 7.06. The third kappa shape index (κ3) is 3.42. The van der Waals surface area contributed by atoms with Gasteiger partial charge in [0.2, 0.25) is 5.91 Å². The number of carbonyl (C=O) groups excluding carboxylic acids is 1. The lowest BCUT2D eigenvalue weighted by Crippen LogP contribution is -2.47. The third-order valence-corrected chi connectivity index (χ3v) is 4.04. The summed E-state index contributed by atoms with van der Waals surface area (Å²) >= 11 is 0. The van der Waals surface area contributed by atoms with Gasteiger partial charge in [0.05, 0.1) is 6.04 Å². The maximum absolute atomic E-state index is 11.8. The summed E-state index contributed by atoms with van der Waals surface area (Å²) in [5.41, 5.74) is 0. The number of rotatable bonds is 4. The van der Waals surface area contributed by atoms with Gasteiger partial charge in [-0.2, -0.15) is 0 Å². The number of nitrogens with zero attached hydrogens (tertiary/aromatic N) is 1. The highest BCUT2D eigenvalue weighted by Gasteiger charge is 2.25. The van der Waals surface area contributed by atoms with Gasteiger partial charge in [0, 0.05) is 19.1 Å². The first-order chi connectivity index (χ1) is 8.31. The summed E-state index contributed by atoms with van der Waals surface area (Å²) in [6.45, 7) is 6.38. The van der Waals surface area contributed by atoms with Crippen LogP contribution in [0.2, 0.25) is 0 Å². The van der Waals surface area contributed by atoms with Gasteiger partial charge in [-0.15, -0.1) is 0 Å². The molecule has 17 heavy (non-hydrogen) atoms. The Hall–Kier alpha value is -0.610. The molecule has 2 N–H and O–H groups in total. The summed E-state index contributed by atoms with van der Waals surface area (Å²) in [6, 6.07) is 0.674. The normalized spacial score (nSPS) is 31.2. The highest BCUT2D eigenvalue weighted by molar-refractivity contribution is 5.81. The topological polar surface area (TPSA) is 44.4 Å². The van der Waals surface area contributed by atoms with Crippen LogP contribution in [0.5, 0.6) is 0 Å². The van der Waals surface area contributed by atoms with E-state index in [9.17, 15) is 4.79 Å². The Morgan fingerprint density at radius 2 is 2.24 bits per heavy atom. The Morgan fingerprint density at radius 3 is 3.06 bits per heavy atom. The maximum atomic E-state index is 11.8. The Morgan fingerprint density at radius 1 is 1.35 bits per heavy atom. The first kappa shape index (κ1) is 12.8. The quantitative estimate of drug-likeness (QED) is 0.760. The summed E-state index contributed by atoms with van der Waals surface area (Å²) in [4.78, 5) is 14.3. The summed E-state index contributed by atoms with van der Waals surface area (Å²) in [7, 11) is 0. The molecule has 2 saturated heterocycles. The molecule has 0 aromatic carbocycles. The molecule has 2 atom stereocenters. The van der Waals surface area contributed by atoms with E-state index in [-0.39, 0.29) is 11.9 Å². The van der Waals surface area contributed by atoms with Gasteiger partial charge < -0.3 is 10.6 Å². The molecular weight excluding hydrogens is 214 g/mol. The largest absolute Gasteiger partial charge is 0.355 e. The van der Waals surface area contributed by atoms with Crippen molar-refractivity contribution < 1.29 is 4.79 Å². The summed E-state index contributed by atoms with van der Waals surface area (Å²) in [6.07, 6.45) is 5.84. The van der Waals surface area contributed by atoms with Gasteiger partial charge >= 0.3 is 0 Å². The van der Waals surface area contributed by atoms with E-state index < -0.39 is 0 Å². The van der Waals surface area contributed by atoms with Crippen molar-refractivity contribution in [2.75, 3.05) is 26.2 Å².